The lowest BCUT2D eigenvalue weighted by atomic mass is 9.90. The smallest absolute Gasteiger partial charge is 0.317 e. The second kappa shape index (κ2) is 8.37. The van der Waals surface area contributed by atoms with Crippen molar-refractivity contribution in [2.75, 3.05) is 20.2 Å². The lowest BCUT2D eigenvalue weighted by molar-refractivity contribution is 0.0843. The van der Waals surface area contributed by atoms with Gasteiger partial charge in [-0.25, -0.2) is 4.79 Å². The fourth-order valence-corrected chi connectivity index (χ4v) is 3.88. The minimum absolute atomic E-state index is 0.000805. The van der Waals surface area contributed by atoms with Crippen LogP contribution < -0.4 is 10.1 Å². The van der Waals surface area contributed by atoms with Crippen LogP contribution in [0.4, 0.5) is 4.79 Å². The molecule has 5 nitrogen and oxygen atoms in total. The molecule has 1 heterocycles. The number of hydrogen-bond donors (Lipinski definition) is 1. The van der Waals surface area contributed by atoms with Gasteiger partial charge in [0.2, 0.25) is 0 Å². The molecule has 2 amide bonds. The number of methoxy groups -OCH3 is 1. The van der Waals surface area contributed by atoms with Crippen molar-refractivity contribution < 1.29 is 14.3 Å². The fraction of sp³-hybridized carbons (Fsp3) is 0.600. The van der Waals surface area contributed by atoms with Crippen molar-refractivity contribution in [1.29, 1.82) is 0 Å². The Hall–Kier alpha value is -2.04. The number of urea groups is 1. The number of hydrogen-bond acceptors (Lipinski definition) is 3. The zero-order valence-corrected chi connectivity index (χ0v) is 15.0. The van der Waals surface area contributed by atoms with E-state index in [-0.39, 0.29) is 17.7 Å². The molecular weight excluding hydrogens is 316 g/mol. The van der Waals surface area contributed by atoms with Crippen LogP contribution in [0.15, 0.2) is 24.3 Å². The first-order chi connectivity index (χ1) is 12.2. The molecule has 2 aliphatic rings. The molecule has 0 bridgehead atoms. The molecule has 0 radical (unpaired) electrons. The molecule has 1 aromatic rings. The van der Waals surface area contributed by atoms with Crippen LogP contribution >= 0.6 is 0 Å². The molecule has 1 N–H and O–H groups in total. The Bertz CT molecular complexity index is 593. The maximum atomic E-state index is 12.8. The summed E-state index contributed by atoms with van der Waals surface area (Å²) in [5, 5.41) is 3.16. The van der Waals surface area contributed by atoms with Crippen molar-refractivity contribution in [1.82, 2.24) is 10.2 Å². The summed E-state index contributed by atoms with van der Waals surface area (Å²) >= 11 is 0. The van der Waals surface area contributed by atoms with E-state index in [0.717, 1.165) is 38.0 Å². The maximum absolute atomic E-state index is 12.8. The molecule has 1 aliphatic carbocycles. The first-order valence-electron chi connectivity index (χ1n) is 9.41. The Morgan fingerprint density at radius 2 is 1.76 bits per heavy atom. The number of carbonyl (C=O) groups excluding carboxylic acids is 2. The predicted octanol–water partition coefficient (Wildman–Crippen LogP) is 3.63. The number of rotatable bonds is 4. The van der Waals surface area contributed by atoms with Crippen molar-refractivity contribution in [3.05, 3.63) is 29.8 Å². The summed E-state index contributed by atoms with van der Waals surface area (Å²) in [5.74, 6) is 0.755. The summed E-state index contributed by atoms with van der Waals surface area (Å²) in [4.78, 5) is 27.1. The summed E-state index contributed by atoms with van der Waals surface area (Å²) in [6.45, 7) is 1.26. The number of nitrogens with one attached hydrogen (secondary N) is 1. The van der Waals surface area contributed by atoms with Gasteiger partial charge in [-0.2, -0.15) is 0 Å². The van der Waals surface area contributed by atoms with E-state index in [1.165, 1.54) is 19.3 Å². The van der Waals surface area contributed by atoms with E-state index >= 15 is 0 Å². The molecule has 1 saturated heterocycles. The van der Waals surface area contributed by atoms with Crippen LogP contribution in [0.3, 0.4) is 0 Å². The molecule has 25 heavy (non-hydrogen) atoms. The second-order valence-corrected chi connectivity index (χ2v) is 7.16. The Morgan fingerprint density at radius 1 is 1.04 bits per heavy atom. The van der Waals surface area contributed by atoms with Gasteiger partial charge >= 0.3 is 6.03 Å². The third-order valence-electron chi connectivity index (χ3n) is 5.39. The van der Waals surface area contributed by atoms with Gasteiger partial charge < -0.3 is 15.0 Å². The van der Waals surface area contributed by atoms with Crippen LogP contribution in [0.25, 0.3) is 0 Å². The largest absolute Gasteiger partial charge is 0.497 e. The van der Waals surface area contributed by atoms with Gasteiger partial charge in [-0.1, -0.05) is 19.3 Å². The Labute approximate surface area is 149 Å². The lowest BCUT2D eigenvalue weighted by Crippen LogP contribution is -2.50. The summed E-state index contributed by atoms with van der Waals surface area (Å²) in [6, 6.07) is 7.54. The molecule has 1 atom stereocenters. The average Bonchev–Trinajstić information content (AvgIpc) is 2.68. The number of carbonyl (C=O) groups is 2. The molecular formula is C20H28N2O3. The standard InChI is InChI=1S/C20H28N2O3/c1-25-18-11-9-15(10-12-18)19(23)16-6-5-13-22(14-16)20(24)21-17-7-3-2-4-8-17/h9-12,16-17H,2-8,13-14H2,1H3,(H,21,24). The first-order valence-corrected chi connectivity index (χ1v) is 9.41. The normalized spacial score (nSPS) is 21.6. The van der Waals surface area contributed by atoms with Gasteiger partial charge in [-0.15, -0.1) is 0 Å². The Morgan fingerprint density at radius 3 is 2.44 bits per heavy atom. The van der Waals surface area contributed by atoms with Crippen LogP contribution in [0.1, 0.15) is 55.3 Å². The molecule has 136 valence electrons. The summed E-state index contributed by atoms with van der Waals surface area (Å²) in [5.41, 5.74) is 0.695. The van der Waals surface area contributed by atoms with E-state index in [9.17, 15) is 9.59 Å². The van der Waals surface area contributed by atoms with Crippen LogP contribution in [-0.2, 0) is 0 Å². The minimum Gasteiger partial charge on any atom is -0.497 e. The molecule has 1 unspecified atom stereocenters. The lowest BCUT2D eigenvalue weighted by Gasteiger charge is -2.34. The number of ketones is 1. The van der Waals surface area contributed by atoms with Gasteiger partial charge in [0.25, 0.3) is 0 Å². The average molecular weight is 344 g/mol. The summed E-state index contributed by atoms with van der Waals surface area (Å²) in [6.07, 6.45) is 7.55. The van der Waals surface area contributed by atoms with Gasteiger partial charge in [0.1, 0.15) is 5.75 Å². The number of amides is 2. The molecule has 3 rings (SSSR count). The zero-order valence-electron chi connectivity index (χ0n) is 15.0. The molecule has 1 aromatic carbocycles. The molecule has 2 fully saturated rings. The number of nitrogens with zero attached hydrogens (tertiary/aromatic N) is 1. The number of ether oxygens (including phenoxy) is 1. The van der Waals surface area contributed by atoms with Crippen LogP contribution in [0, 0.1) is 5.92 Å². The number of likely N-dealkylation sites (tertiary alicyclic amines) is 1. The molecule has 5 heteroatoms. The summed E-state index contributed by atoms with van der Waals surface area (Å²) in [7, 11) is 1.61. The number of Topliss-reactive ketones (excluding diaryl/α,β-unsaturated/α-hetero) is 1. The van der Waals surface area contributed by atoms with E-state index in [0.29, 0.717) is 18.2 Å². The van der Waals surface area contributed by atoms with E-state index in [1.807, 2.05) is 29.2 Å². The third-order valence-corrected chi connectivity index (χ3v) is 5.39. The van der Waals surface area contributed by atoms with Gasteiger partial charge in [0.15, 0.2) is 5.78 Å². The topological polar surface area (TPSA) is 58.6 Å². The van der Waals surface area contributed by atoms with Gasteiger partial charge in [0, 0.05) is 30.6 Å². The van der Waals surface area contributed by atoms with Crippen LogP contribution in [-0.4, -0.2) is 43.0 Å². The van der Waals surface area contributed by atoms with Crippen LogP contribution in [0.2, 0.25) is 0 Å². The SMILES string of the molecule is COc1ccc(C(=O)C2CCCN(C(=O)NC3CCCCC3)C2)cc1. The highest BCUT2D eigenvalue weighted by Crippen LogP contribution is 2.23. The van der Waals surface area contributed by atoms with Crippen LogP contribution in [0.5, 0.6) is 5.75 Å². The monoisotopic (exact) mass is 344 g/mol. The summed E-state index contributed by atoms with van der Waals surface area (Å²) < 4.78 is 5.14. The van der Waals surface area contributed by atoms with Crippen molar-refractivity contribution in [3.8, 4) is 5.75 Å². The molecule has 1 aliphatic heterocycles. The van der Waals surface area contributed by atoms with E-state index in [1.54, 1.807) is 7.11 Å². The maximum Gasteiger partial charge on any atom is 0.317 e. The van der Waals surface area contributed by atoms with E-state index in [4.69, 9.17) is 4.74 Å². The van der Waals surface area contributed by atoms with Crippen molar-refractivity contribution in [2.24, 2.45) is 5.92 Å². The van der Waals surface area contributed by atoms with Crippen molar-refractivity contribution in [3.63, 3.8) is 0 Å². The first kappa shape index (κ1) is 17.8. The molecule has 0 spiro atoms. The van der Waals surface area contributed by atoms with Gasteiger partial charge in [-0.05, 0) is 49.9 Å². The zero-order chi connectivity index (χ0) is 17.6. The Balaban J connectivity index is 1.57. The highest BCUT2D eigenvalue weighted by molar-refractivity contribution is 5.98. The van der Waals surface area contributed by atoms with E-state index < -0.39 is 0 Å². The molecule has 1 saturated carbocycles. The van der Waals surface area contributed by atoms with Gasteiger partial charge in [-0.3, -0.25) is 4.79 Å². The van der Waals surface area contributed by atoms with Gasteiger partial charge in [0.05, 0.1) is 7.11 Å². The highest BCUT2D eigenvalue weighted by atomic mass is 16.5. The quantitative estimate of drug-likeness (QED) is 0.849. The van der Waals surface area contributed by atoms with Crippen molar-refractivity contribution >= 4 is 11.8 Å². The minimum atomic E-state index is -0.112. The van der Waals surface area contributed by atoms with E-state index in [2.05, 4.69) is 5.32 Å². The third kappa shape index (κ3) is 4.53. The molecule has 0 aromatic heterocycles. The Kier molecular flexibility index (Phi) is 5.95. The predicted molar refractivity (Wildman–Crippen MR) is 97.0 cm³/mol. The second-order valence-electron chi connectivity index (χ2n) is 7.16. The van der Waals surface area contributed by atoms with Crippen molar-refractivity contribution in [2.45, 2.75) is 51.0 Å². The number of piperidine rings is 1. The fourth-order valence-electron chi connectivity index (χ4n) is 3.88. The highest BCUT2D eigenvalue weighted by Gasteiger charge is 2.30. The number of benzene rings is 1.